The third kappa shape index (κ3) is 4.96. The number of ether oxygens (including phenoxy) is 1. The molecule has 90 valence electrons. The summed E-state index contributed by atoms with van der Waals surface area (Å²) in [4.78, 5) is 2.33. The number of hydrogen-bond donors (Lipinski definition) is 1. The van der Waals surface area contributed by atoms with Gasteiger partial charge in [0.25, 0.3) is 0 Å². The highest BCUT2D eigenvalue weighted by Gasteiger charge is 2.23. The molecular weight excluding hydrogens is 190 g/mol. The molecule has 0 bridgehead atoms. The van der Waals surface area contributed by atoms with E-state index < -0.39 is 0 Å². The van der Waals surface area contributed by atoms with Crippen molar-refractivity contribution in [2.75, 3.05) is 26.2 Å². The second-order valence-corrected chi connectivity index (χ2v) is 4.52. The number of unbranched alkanes of at least 4 members (excludes halogenated alkanes) is 1. The van der Waals surface area contributed by atoms with E-state index in [1.54, 1.807) is 0 Å². The molecule has 15 heavy (non-hydrogen) atoms. The molecule has 1 N–H and O–H groups in total. The second kappa shape index (κ2) is 7.20. The van der Waals surface area contributed by atoms with Crippen LogP contribution in [0.4, 0.5) is 0 Å². The number of nitrogens with zero attached hydrogens (tertiary/aromatic N) is 1. The minimum absolute atomic E-state index is 0.256. The predicted octanol–water partition coefficient (Wildman–Crippen LogP) is 1.65. The fourth-order valence-electron chi connectivity index (χ4n) is 2.13. The molecule has 0 amide bonds. The summed E-state index contributed by atoms with van der Waals surface area (Å²) in [5.41, 5.74) is 0. The quantitative estimate of drug-likeness (QED) is 0.701. The van der Waals surface area contributed by atoms with Crippen LogP contribution in [0.5, 0.6) is 0 Å². The van der Waals surface area contributed by atoms with Crippen LogP contribution < -0.4 is 0 Å². The van der Waals surface area contributed by atoms with Gasteiger partial charge in [0.1, 0.15) is 0 Å². The third-order valence-corrected chi connectivity index (χ3v) is 3.03. The van der Waals surface area contributed by atoms with Gasteiger partial charge >= 0.3 is 0 Å². The van der Waals surface area contributed by atoms with Crippen molar-refractivity contribution in [3.05, 3.63) is 0 Å². The molecule has 0 aromatic heterocycles. The highest BCUT2D eigenvalue weighted by atomic mass is 16.5. The summed E-state index contributed by atoms with van der Waals surface area (Å²) in [6.07, 6.45) is 5.60. The van der Waals surface area contributed by atoms with Gasteiger partial charge < -0.3 is 9.84 Å². The summed E-state index contributed by atoms with van der Waals surface area (Å²) in [6, 6.07) is 0. The molecule has 1 aliphatic rings. The van der Waals surface area contributed by atoms with Crippen LogP contribution >= 0.6 is 0 Å². The van der Waals surface area contributed by atoms with E-state index in [0.29, 0.717) is 12.2 Å². The van der Waals surface area contributed by atoms with Crippen LogP contribution in [0.3, 0.4) is 0 Å². The van der Waals surface area contributed by atoms with Crippen LogP contribution in [0.25, 0.3) is 0 Å². The Morgan fingerprint density at radius 3 is 2.67 bits per heavy atom. The van der Waals surface area contributed by atoms with Gasteiger partial charge in [0.05, 0.1) is 18.8 Å². The van der Waals surface area contributed by atoms with Gasteiger partial charge in [0.2, 0.25) is 0 Å². The van der Waals surface area contributed by atoms with E-state index >= 15 is 0 Å². The number of aliphatic hydroxyl groups is 1. The van der Waals surface area contributed by atoms with Gasteiger partial charge in [-0.05, 0) is 32.7 Å². The van der Waals surface area contributed by atoms with Crippen molar-refractivity contribution in [2.45, 2.75) is 51.7 Å². The molecule has 0 saturated carbocycles. The fourth-order valence-corrected chi connectivity index (χ4v) is 2.13. The van der Waals surface area contributed by atoms with Crippen molar-refractivity contribution >= 4 is 0 Å². The Morgan fingerprint density at radius 1 is 1.33 bits per heavy atom. The first-order valence-corrected chi connectivity index (χ1v) is 6.25. The first-order valence-electron chi connectivity index (χ1n) is 6.25. The smallest absolute Gasteiger partial charge is 0.0706 e. The van der Waals surface area contributed by atoms with E-state index in [0.717, 1.165) is 19.6 Å². The van der Waals surface area contributed by atoms with Crippen LogP contribution in [-0.2, 0) is 4.74 Å². The number of rotatable bonds is 7. The molecule has 1 rings (SSSR count). The van der Waals surface area contributed by atoms with Crippen LogP contribution in [0.1, 0.15) is 39.5 Å². The van der Waals surface area contributed by atoms with Crippen LogP contribution in [-0.4, -0.2) is 48.5 Å². The molecular formula is C12H25NO2. The Bertz CT molecular complexity index is 164. The molecule has 1 heterocycles. The van der Waals surface area contributed by atoms with Crippen molar-refractivity contribution in [3.63, 3.8) is 0 Å². The molecule has 2 unspecified atom stereocenters. The topological polar surface area (TPSA) is 32.7 Å². The lowest BCUT2D eigenvalue weighted by molar-refractivity contribution is 0.0279. The lowest BCUT2D eigenvalue weighted by atomic mass is 10.2. The Kier molecular flexibility index (Phi) is 6.22. The Hall–Kier alpha value is -0.120. The van der Waals surface area contributed by atoms with E-state index in [4.69, 9.17) is 9.84 Å². The van der Waals surface area contributed by atoms with Crippen LogP contribution in [0.2, 0.25) is 0 Å². The monoisotopic (exact) mass is 215 g/mol. The lowest BCUT2D eigenvalue weighted by Crippen LogP contribution is -2.35. The van der Waals surface area contributed by atoms with E-state index in [1.165, 1.54) is 25.7 Å². The minimum Gasteiger partial charge on any atom is -0.395 e. The molecule has 1 fully saturated rings. The maximum atomic E-state index is 8.98. The number of aliphatic hydroxyl groups excluding tert-OH is 1. The van der Waals surface area contributed by atoms with Gasteiger partial charge in [-0.1, -0.05) is 13.3 Å². The summed E-state index contributed by atoms with van der Waals surface area (Å²) in [7, 11) is 0. The van der Waals surface area contributed by atoms with E-state index in [2.05, 4.69) is 18.7 Å². The molecule has 1 aliphatic heterocycles. The summed E-state index contributed by atoms with van der Waals surface area (Å²) >= 11 is 0. The highest BCUT2D eigenvalue weighted by Crippen LogP contribution is 2.19. The zero-order chi connectivity index (χ0) is 11.1. The molecule has 3 heteroatoms. The van der Waals surface area contributed by atoms with Gasteiger partial charge in [0, 0.05) is 13.1 Å². The highest BCUT2D eigenvalue weighted by molar-refractivity contribution is 4.74. The van der Waals surface area contributed by atoms with Crippen molar-refractivity contribution in [3.8, 4) is 0 Å². The lowest BCUT2D eigenvalue weighted by Gasteiger charge is -2.24. The summed E-state index contributed by atoms with van der Waals surface area (Å²) in [5.74, 6) is 0. The van der Waals surface area contributed by atoms with E-state index in [-0.39, 0.29) is 6.61 Å². The Labute approximate surface area is 93.4 Å². The largest absolute Gasteiger partial charge is 0.395 e. The Morgan fingerprint density at radius 2 is 2.13 bits per heavy atom. The zero-order valence-corrected chi connectivity index (χ0v) is 10.1. The molecule has 2 atom stereocenters. The molecule has 0 aromatic rings. The molecule has 0 radical (unpaired) electrons. The standard InChI is InChI=1S/C12H25NO2/c1-3-4-7-13(8-9-14)10-12-6-5-11(2)15-12/h11-12,14H,3-10H2,1-2H3. The van der Waals surface area contributed by atoms with Crippen LogP contribution in [0.15, 0.2) is 0 Å². The molecule has 0 spiro atoms. The number of hydrogen-bond acceptors (Lipinski definition) is 3. The average molecular weight is 215 g/mol. The second-order valence-electron chi connectivity index (χ2n) is 4.52. The first-order chi connectivity index (χ1) is 7.26. The van der Waals surface area contributed by atoms with E-state index in [1.807, 2.05) is 0 Å². The molecule has 1 saturated heterocycles. The van der Waals surface area contributed by atoms with Crippen LogP contribution in [0, 0.1) is 0 Å². The maximum absolute atomic E-state index is 8.98. The normalized spacial score (nSPS) is 26.4. The molecule has 3 nitrogen and oxygen atoms in total. The van der Waals surface area contributed by atoms with Crippen molar-refractivity contribution in [1.29, 1.82) is 0 Å². The summed E-state index contributed by atoms with van der Waals surface area (Å²) < 4.78 is 5.79. The van der Waals surface area contributed by atoms with Gasteiger partial charge in [-0.15, -0.1) is 0 Å². The predicted molar refractivity (Wildman–Crippen MR) is 62.0 cm³/mol. The fraction of sp³-hybridized carbons (Fsp3) is 1.00. The SMILES string of the molecule is CCCCN(CCO)CC1CCC(C)O1. The van der Waals surface area contributed by atoms with Gasteiger partial charge in [-0.25, -0.2) is 0 Å². The van der Waals surface area contributed by atoms with Gasteiger partial charge in [-0.2, -0.15) is 0 Å². The maximum Gasteiger partial charge on any atom is 0.0706 e. The van der Waals surface area contributed by atoms with Crippen molar-refractivity contribution in [2.24, 2.45) is 0 Å². The minimum atomic E-state index is 0.256. The molecule has 0 aliphatic carbocycles. The van der Waals surface area contributed by atoms with Crippen molar-refractivity contribution < 1.29 is 9.84 Å². The van der Waals surface area contributed by atoms with Gasteiger partial charge in [-0.3, -0.25) is 4.90 Å². The Balaban J connectivity index is 2.23. The summed E-state index contributed by atoms with van der Waals surface area (Å²) in [6.45, 7) is 7.46. The average Bonchev–Trinajstić information content (AvgIpc) is 2.61. The molecule has 0 aromatic carbocycles. The van der Waals surface area contributed by atoms with Gasteiger partial charge in [0.15, 0.2) is 0 Å². The summed E-state index contributed by atoms with van der Waals surface area (Å²) in [5, 5.41) is 8.98. The van der Waals surface area contributed by atoms with Crippen molar-refractivity contribution in [1.82, 2.24) is 4.90 Å². The third-order valence-electron chi connectivity index (χ3n) is 3.03. The first kappa shape index (κ1) is 12.9. The zero-order valence-electron chi connectivity index (χ0n) is 10.1. The van der Waals surface area contributed by atoms with E-state index in [9.17, 15) is 0 Å².